The van der Waals surface area contributed by atoms with E-state index < -0.39 is 11.9 Å². The van der Waals surface area contributed by atoms with Gasteiger partial charge in [0, 0.05) is 43.5 Å². The summed E-state index contributed by atoms with van der Waals surface area (Å²) in [5.41, 5.74) is 0.931. The predicted molar refractivity (Wildman–Crippen MR) is 82.6 cm³/mol. The normalized spacial score (nSPS) is 17.2. The number of nitrogens with zero attached hydrogens (tertiary/aromatic N) is 3. The van der Waals surface area contributed by atoms with Crippen LogP contribution in [-0.4, -0.2) is 32.3 Å². The van der Waals surface area contributed by atoms with Gasteiger partial charge in [0.25, 0.3) is 0 Å². The molecule has 1 atom stereocenters. The van der Waals surface area contributed by atoms with E-state index in [1.54, 1.807) is 6.20 Å². The minimum Gasteiger partial charge on any atom is -0.338 e. The molecule has 0 radical (unpaired) electrons. The van der Waals surface area contributed by atoms with Crippen molar-refractivity contribution in [2.24, 2.45) is 5.92 Å². The standard InChI is InChI=1S/C15H19F3N6O/c1-9-11(6-21-23-9)5-20-14(25)19-4-10-2-3-13-22-12(15(16,17)18)8-24(13)7-10/h6,8,10H,2-5,7H2,1H3,(H,21,23)(H2,19,20,25)/t10-/m1/s1. The van der Waals surface area contributed by atoms with Gasteiger partial charge in [0.05, 0.1) is 6.20 Å². The number of hydrogen-bond donors (Lipinski definition) is 3. The smallest absolute Gasteiger partial charge is 0.338 e. The first-order chi connectivity index (χ1) is 11.8. The van der Waals surface area contributed by atoms with Crippen molar-refractivity contribution in [3.63, 3.8) is 0 Å². The van der Waals surface area contributed by atoms with Crippen LogP contribution < -0.4 is 10.6 Å². The van der Waals surface area contributed by atoms with Gasteiger partial charge in [0.2, 0.25) is 0 Å². The molecule has 0 aliphatic carbocycles. The van der Waals surface area contributed by atoms with Crippen LogP contribution in [0.2, 0.25) is 0 Å². The van der Waals surface area contributed by atoms with Gasteiger partial charge >= 0.3 is 12.2 Å². The van der Waals surface area contributed by atoms with E-state index in [0.29, 0.717) is 38.3 Å². The number of rotatable bonds is 4. The fourth-order valence-corrected chi connectivity index (χ4v) is 2.85. The maximum Gasteiger partial charge on any atom is 0.434 e. The van der Waals surface area contributed by atoms with Crippen LogP contribution >= 0.6 is 0 Å². The van der Waals surface area contributed by atoms with Gasteiger partial charge in [-0.2, -0.15) is 18.3 Å². The predicted octanol–water partition coefficient (Wildman–Crippen LogP) is 2.00. The molecule has 0 saturated heterocycles. The van der Waals surface area contributed by atoms with Gasteiger partial charge in [0.1, 0.15) is 5.82 Å². The summed E-state index contributed by atoms with van der Waals surface area (Å²) in [5, 5.41) is 12.2. The Hall–Kier alpha value is -2.52. The molecule has 0 saturated carbocycles. The topological polar surface area (TPSA) is 87.6 Å². The van der Waals surface area contributed by atoms with Crippen molar-refractivity contribution in [1.82, 2.24) is 30.4 Å². The zero-order valence-corrected chi connectivity index (χ0v) is 13.7. The minimum absolute atomic E-state index is 0.0733. The molecule has 7 nitrogen and oxygen atoms in total. The third-order valence-corrected chi connectivity index (χ3v) is 4.31. The molecule has 3 N–H and O–H groups in total. The van der Waals surface area contributed by atoms with Gasteiger partial charge < -0.3 is 15.2 Å². The zero-order valence-electron chi connectivity index (χ0n) is 13.7. The summed E-state index contributed by atoms with van der Waals surface area (Å²) >= 11 is 0. The number of carbonyl (C=O) groups is 1. The molecule has 0 spiro atoms. The minimum atomic E-state index is -4.43. The van der Waals surface area contributed by atoms with Crippen molar-refractivity contribution in [2.45, 2.75) is 39.0 Å². The highest BCUT2D eigenvalue weighted by Gasteiger charge is 2.35. The van der Waals surface area contributed by atoms with E-state index in [0.717, 1.165) is 17.5 Å². The molecule has 3 heterocycles. The highest BCUT2D eigenvalue weighted by molar-refractivity contribution is 5.73. The maximum atomic E-state index is 12.7. The lowest BCUT2D eigenvalue weighted by Gasteiger charge is -2.23. The number of alkyl halides is 3. The Balaban J connectivity index is 1.47. The van der Waals surface area contributed by atoms with Crippen LogP contribution in [-0.2, 0) is 25.7 Å². The molecule has 0 aromatic carbocycles. The second-order valence-corrected chi connectivity index (χ2v) is 6.18. The number of halogens is 3. The van der Waals surface area contributed by atoms with Crippen molar-refractivity contribution in [1.29, 1.82) is 0 Å². The van der Waals surface area contributed by atoms with E-state index in [4.69, 9.17) is 0 Å². The molecule has 2 aromatic rings. The third-order valence-electron chi connectivity index (χ3n) is 4.31. The molecule has 10 heteroatoms. The van der Waals surface area contributed by atoms with Crippen molar-refractivity contribution in [3.8, 4) is 0 Å². The van der Waals surface area contributed by atoms with Gasteiger partial charge in [-0.05, 0) is 19.3 Å². The molecule has 1 aliphatic rings. The molecule has 2 amide bonds. The highest BCUT2D eigenvalue weighted by atomic mass is 19.4. The fraction of sp³-hybridized carbons (Fsp3) is 0.533. The average molecular weight is 356 g/mol. The fourth-order valence-electron chi connectivity index (χ4n) is 2.85. The van der Waals surface area contributed by atoms with E-state index in [9.17, 15) is 18.0 Å². The van der Waals surface area contributed by atoms with Crippen LogP contribution in [0.3, 0.4) is 0 Å². The Kier molecular flexibility index (Phi) is 4.69. The molecule has 1 aliphatic heterocycles. The average Bonchev–Trinajstić information content (AvgIpc) is 3.16. The van der Waals surface area contributed by atoms with E-state index >= 15 is 0 Å². The van der Waals surface area contributed by atoms with E-state index in [2.05, 4.69) is 25.8 Å². The molecular formula is C15H19F3N6O. The first-order valence-corrected chi connectivity index (χ1v) is 7.96. The number of imidazole rings is 1. The van der Waals surface area contributed by atoms with Crippen molar-refractivity contribution >= 4 is 6.03 Å². The van der Waals surface area contributed by atoms with Crippen LogP contribution in [0.15, 0.2) is 12.4 Å². The molecule has 2 aromatic heterocycles. The number of nitrogens with one attached hydrogen (secondary N) is 3. The first-order valence-electron chi connectivity index (χ1n) is 7.96. The number of urea groups is 1. The van der Waals surface area contributed by atoms with E-state index in [-0.39, 0.29) is 11.9 Å². The largest absolute Gasteiger partial charge is 0.434 e. The summed E-state index contributed by atoms with van der Waals surface area (Å²) in [6.45, 7) is 3.04. The molecule has 0 bridgehead atoms. The number of fused-ring (bicyclic) bond motifs is 1. The van der Waals surface area contributed by atoms with Crippen molar-refractivity contribution in [2.75, 3.05) is 6.54 Å². The summed E-state index contributed by atoms with van der Waals surface area (Å²) in [5.74, 6) is 0.521. The SMILES string of the molecule is Cc1[nH]ncc1CNC(=O)NC[C@H]1CCc2nc(C(F)(F)F)cn2C1. The Labute approximate surface area is 142 Å². The maximum absolute atomic E-state index is 12.7. The van der Waals surface area contributed by atoms with Gasteiger partial charge in [-0.15, -0.1) is 0 Å². The number of carbonyl (C=O) groups excluding carboxylic acids is 1. The lowest BCUT2D eigenvalue weighted by molar-refractivity contribution is -0.141. The van der Waals surface area contributed by atoms with Crippen molar-refractivity contribution < 1.29 is 18.0 Å². The van der Waals surface area contributed by atoms with Crippen LogP contribution in [0.5, 0.6) is 0 Å². The monoisotopic (exact) mass is 356 g/mol. The van der Waals surface area contributed by atoms with Gasteiger partial charge in [-0.1, -0.05) is 0 Å². The molecule has 0 unspecified atom stereocenters. The summed E-state index contributed by atoms with van der Waals surface area (Å²) in [6, 6.07) is -0.312. The molecule has 0 fully saturated rings. The van der Waals surface area contributed by atoms with E-state index in [1.165, 1.54) is 4.57 Å². The second-order valence-electron chi connectivity index (χ2n) is 6.18. The molecule has 136 valence electrons. The zero-order chi connectivity index (χ0) is 18.0. The van der Waals surface area contributed by atoms with Gasteiger partial charge in [0.15, 0.2) is 5.69 Å². The third kappa shape index (κ3) is 4.12. The first kappa shape index (κ1) is 17.3. The summed E-state index contributed by atoms with van der Waals surface area (Å²) in [7, 11) is 0. The van der Waals surface area contributed by atoms with Gasteiger partial charge in [-0.25, -0.2) is 9.78 Å². The van der Waals surface area contributed by atoms with Crippen molar-refractivity contribution in [3.05, 3.63) is 35.2 Å². The van der Waals surface area contributed by atoms with Crippen LogP contribution in [0, 0.1) is 12.8 Å². The number of H-pyrrole nitrogens is 1. The Morgan fingerprint density at radius 1 is 1.44 bits per heavy atom. The number of aromatic amines is 1. The molecular weight excluding hydrogens is 337 g/mol. The summed E-state index contributed by atoms with van der Waals surface area (Å²) < 4.78 is 39.7. The highest BCUT2D eigenvalue weighted by Crippen LogP contribution is 2.30. The summed E-state index contributed by atoms with van der Waals surface area (Å²) in [4.78, 5) is 15.5. The van der Waals surface area contributed by atoms with Gasteiger partial charge in [-0.3, -0.25) is 5.10 Å². The Bertz CT molecular complexity index is 751. The van der Waals surface area contributed by atoms with Crippen LogP contribution in [0.25, 0.3) is 0 Å². The molecule has 25 heavy (non-hydrogen) atoms. The Morgan fingerprint density at radius 2 is 2.24 bits per heavy atom. The lowest BCUT2D eigenvalue weighted by Crippen LogP contribution is -2.39. The van der Waals surface area contributed by atoms with E-state index in [1.807, 2.05) is 6.92 Å². The Morgan fingerprint density at radius 3 is 2.92 bits per heavy atom. The summed E-state index contributed by atoms with van der Waals surface area (Å²) in [6.07, 6.45) is -0.574. The number of hydrogen-bond acceptors (Lipinski definition) is 3. The molecule has 3 rings (SSSR count). The quantitative estimate of drug-likeness (QED) is 0.783. The number of aryl methyl sites for hydroxylation is 2. The number of aromatic nitrogens is 4. The number of amides is 2. The second kappa shape index (κ2) is 6.77. The lowest BCUT2D eigenvalue weighted by atomic mass is 9.99. The van der Waals surface area contributed by atoms with Crippen LogP contribution in [0.1, 0.15) is 29.2 Å². The van der Waals surface area contributed by atoms with Crippen LogP contribution in [0.4, 0.5) is 18.0 Å².